The maximum atomic E-state index is 13.0. The molecule has 0 bridgehead atoms. The topological polar surface area (TPSA) is 125 Å². The molecule has 0 aliphatic heterocycles. The number of rotatable bonds is 10. The number of anilines is 1. The molecule has 10 heteroatoms. The van der Waals surface area contributed by atoms with Crippen LogP contribution in [0, 0.1) is 5.82 Å². The van der Waals surface area contributed by atoms with E-state index in [-0.39, 0.29) is 17.3 Å². The van der Waals surface area contributed by atoms with Crippen LogP contribution in [0.3, 0.4) is 0 Å². The van der Waals surface area contributed by atoms with Crippen molar-refractivity contribution in [2.45, 2.75) is 13.2 Å². The summed E-state index contributed by atoms with van der Waals surface area (Å²) in [4.78, 5) is 11.8. The molecule has 3 rings (SSSR count). The Bertz CT molecular complexity index is 978. The van der Waals surface area contributed by atoms with Gasteiger partial charge in [0.2, 0.25) is 11.5 Å². The molecule has 9 nitrogen and oxygen atoms in total. The predicted octanol–water partition coefficient (Wildman–Crippen LogP) is 1.90. The highest BCUT2D eigenvalue weighted by Gasteiger charge is 2.14. The van der Waals surface area contributed by atoms with Gasteiger partial charge in [-0.2, -0.15) is 0 Å². The summed E-state index contributed by atoms with van der Waals surface area (Å²) < 4.78 is 28.6. The van der Waals surface area contributed by atoms with E-state index in [0.29, 0.717) is 37.7 Å². The molecule has 4 N–H and O–H groups in total. The van der Waals surface area contributed by atoms with Gasteiger partial charge in [0.25, 0.3) is 5.91 Å². The third-order valence-corrected chi connectivity index (χ3v) is 4.18. The van der Waals surface area contributed by atoms with Crippen molar-refractivity contribution in [3.8, 4) is 11.5 Å². The van der Waals surface area contributed by atoms with E-state index in [1.54, 1.807) is 19.2 Å². The van der Waals surface area contributed by atoms with E-state index < -0.39 is 5.91 Å². The van der Waals surface area contributed by atoms with Crippen molar-refractivity contribution >= 4 is 11.7 Å². The summed E-state index contributed by atoms with van der Waals surface area (Å²) in [5.41, 5.74) is 7.27. The molecule has 0 unspecified atom stereocenters. The Morgan fingerprint density at radius 2 is 1.87 bits per heavy atom. The third-order valence-electron chi connectivity index (χ3n) is 4.18. The van der Waals surface area contributed by atoms with Crippen molar-refractivity contribution in [1.82, 2.24) is 20.9 Å². The highest BCUT2D eigenvalue weighted by Crippen LogP contribution is 2.28. The van der Waals surface area contributed by atoms with Gasteiger partial charge in [-0.15, -0.1) is 0 Å². The van der Waals surface area contributed by atoms with Crippen LogP contribution in [-0.4, -0.2) is 36.4 Å². The van der Waals surface area contributed by atoms with Gasteiger partial charge in [0.15, 0.2) is 11.5 Å². The van der Waals surface area contributed by atoms with Crippen LogP contribution >= 0.6 is 0 Å². The molecule has 1 heterocycles. The fourth-order valence-corrected chi connectivity index (χ4v) is 2.62. The monoisotopic (exact) mass is 415 g/mol. The molecule has 0 fully saturated rings. The quantitative estimate of drug-likeness (QED) is 0.429. The first-order valence-electron chi connectivity index (χ1n) is 9.18. The van der Waals surface area contributed by atoms with Gasteiger partial charge in [-0.1, -0.05) is 18.2 Å². The zero-order valence-corrected chi connectivity index (χ0v) is 16.4. The first kappa shape index (κ1) is 21.1. The lowest BCUT2D eigenvalue weighted by atomic mass is 10.2. The average molecular weight is 415 g/mol. The minimum Gasteiger partial charge on any atom is -0.493 e. The maximum absolute atomic E-state index is 13.0. The second kappa shape index (κ2) is 10.2. The number of ether oxygens (including phenoxy) is 2. The number of halogens is 1. The Hall–Kier alpha value is -3.66. The Labute approximate surface area is 172 Å². The van der Waals surface area contributed by atoms with E-state index in [1.165, 1.54) is 12.1 Å². The van der Waals surface area contributed by atoms with Gasteiger partial charge in [-0.3, -0.25) is 4.79 Å². The highest BCUT2D eigenvalue weighted by molar-refractivity contribution is 5.95. The van der Waals surface area contributed by atoms with Crippen LogP contribution in [0.5, 0.6) is 11.5 Å². The number of nitrogens with two attached hydrogens (primary N) is 1. The predicted molar refractivity (Wildman–Crippen MR) is 106 cm³/mol. The van der Waals surface area contributed by atoms with Crippen LogP contribution in [0.25, 0.3) is 0 Å². The molecule has 0 radical (unpaired) electrons. The lowest BCUT2D eigenvalue weighted by molar-refractivity contribution is 0.0944. The van der Waals surface area contributed by atoms with E-state index >= 15 is 0 Å². The smallest absolute Gasteiger partial charge is 0.277 e. The summed E-state index contributed by atoms with van der Waals surface area (Å²) in [5, 5.41) is 12.7. The van der Waals surface area contributed by atoms with Gasteiger partial charge in [-0.25, -0.2) is 9.02 Å². The van der Waals surface area contributed by atoms with Gasteiger partial charge in [0, 0.05) is 19.6 Å². The molecular weight excluding hydrogens is 393 g/mol. The van der Waals surface area contributed by atoms with E-state index in [0.717, 1.165) is 11.1 Å². The number of aromatic nitrogens is 2. The number of nitrogens with zero attached hydrogens (tertiary/aromatic N) is 2. The van der Waals surface area contributed by atoms with Crippen molar-refractivity contribution < 1.29 is 23.3 Å². The van der Waals surface area contributed by atoms with Crippen LogP contribution < -0.4 is 25.8 Å². The number of nitrogen functional groups attached to an aromatic ring is 1. The summed E-state index contributed by atoms with van der Waals surface area (Å²) in [6.45, 7) is 1.78. The Morgan fingerprint density at radius 3 is 2.57 bits per heavy atom. The van der Waals surface area contributed by atoms with Gasteiger partial charge >= 0.3 is 0 Å². The lowest BCUT2D eigenvalue weighted by Crippen LogP contribution is -2.32. The molecule has 0 saturated heterocycles. The number of nitrogens with one attached hydrogen (secondary N) is 2. The molecule has 158 valence electrons. The normalized spacial score (nSPS) is 10.6. The third kappa shape index (κ3) is 5.67. The Kier molecular flexibility index (Phi) is 7.17. The number of carbonyl (C=O) groups is 1. The van der Waals surface area contributed by atoms with Crippen molar-refractivity contribution in [3.63, 3.8) is 0 Å². The second-order valence-corrected chi connectivity index (χ2v) is 6.33. The molecule has 1 amide bonds. The van der Waals surface area contributed by atoms with Crippen LogP contribution in [0.2, 0.25) is 0 Å². The fourth-order valence-electron chi connectivity index (χ4n) is 2.62. The minimum atomic E-state index is -0.445. The number of amides is 1. The number of hydrogen-bond acceptors (Lipinski definition) is 8. The summed E-state index contributed by atoms with van der Waals surface area (Å²) >= 11 is 0. The molecule has 0 aliphatic rings. The summed E-state index contributed by atoms with van der Waals surface area (Å²) in [5.74, 6) is 0.413. The van der Waals surface area contributed by atoms with Crippen molar-refractivity contribution in [1.29, 1.82) is 0 Å². The van der Waals surface area contributed by atoms with Gasteiger partial charge in [-0.05, 0) is 45.7 Å². The second-order valence-electron chi connectivity index (χ2n) is 6.33. The maximum Gasteiger partial charge on any atom is 0.277 e. The van der Waals surface area contributed by atoms with Crippen molar-refractivity contribution in [2.75, 3.05) is 25.9 Å². The summed E-state index contributed by atoms with van der Waals surface area (Å²) in [6.07, 6.45) is 0. The fraction of sp³-hybridized carbons (Fsp3) is 0.250. The number of carbonyl (C=O) groups excluding carboxylic acids is 1. The van der Waals surface area contributed by atoms with Crippen molar-refractivity contribution in [2.24, 2.45) is 0 Å². The van der Waals surface area contributed by atoms with Crippen LogP contribution in [-0.2, 0) is 13.2 Å². The molecule has 1 aromatic heterocycles. The molecular formula is C20H22FN5O4. The molecule has 30 heavy (non-hydrogen) atoms. The van der Waals surface area contributed by atoms with Crippen molar-refractivity contribution in [3.05, 3.63) is 65.1 Å². The summed E-state index contributed by atoms with van der Waals surface area (Å²) in [7, 11) is 1.57. The Morgan fingerprint density at radius 1 is 1.10 bits per heavy atom. The molecule has 2 aromatic carbocycles. The first-order chi connectivity index (χ1) is 14.6. The van der Waals surface area contributed by atoms with Gasteiger partial charge in [0.1, 0.15) is 12.4 Å². The zero-order chi connectivity index (χ0) is 21.3. The van der Waals surface area contributed by atoms with Gasteiger partial charge in [0.05, 0.1) is 7.11 Å². The summed E-state index contributed by atoms with van der Waals surface area (Å²) in [6, 6.07) is 11.7. The number of benzene rings is 2. The van der Waals surface area contributed by atoms with Gasteiger partial charge < -0.3 is 25.8 Å². The highest BCUT2D eigenvalue weighted by atomic mass is 19.1. The van der Waals surface area contributed by atoms with E-state index in [9.17, 15) is 9.18 Å². The molecule has 3 aromatic rings. The van der Waals surface area contributed by atoms with E-state index in [4.69, 9.17) is 15.2 Å². The average Bonchev–Trinajstić information content (AvgIpc) is 3.19. The molecule has 0 saturated carbocycles. The van der Waals surface area contributed by atoms with Crippen LogP contribution in [0.15, 0.2) is 47.1 Å². The lowest BCUT2D eigenvalue weighted by Gasteiger charge is -2.13. The minimum absolute atomic E-state index is 0.0315. The molecule has 0 spiro atoms. The standard InChI is InChI=1S/C20H22FN5O4/c1-28-17-10-14(4-7-16(17)29-12-13-2-5-15(21)6-3-13)11-23-8-9-24-20(27)18-19(22)26-30-25-18/h2-7,10,23H,8-9,11-12H2,1H3,(H2,22,26)(H,24,27). The van der Waals surface area contributed by atoms with Crippen LogP contribution in [0.1, 0.15) is 21.6 Å². The molecule has 0 atom stereocenters. The zero-order valence-electron chi connectivity index (χ0n) is 16.4. The van der Waals surface area contributed by atoms with E-state index in [1.807, 2.05) is 18.2 Å². The Balaban J connectivity index is 1.44. The largest absolute Gasteiger partial charge is 0.493 e. The number of methoxy groups -OCH3 is 1. The number of hydrogen-bond donors (Lipinski definition) is 3. The van der Waals surface area contributed by atoms with E-state index in [2.05, 4.69) is 25.6 Å². The molecule has 0 aliphatic carbocycles. The first-order valence-corrected chi connectivity index (χ1v) is 9.18. The SMILES string of the molecule is COc1cc(CNCCNC(=O)c2nonc2N)ccc1OCc1ccc(F)cc1. The van der Waals surface area contributed by atoms with Crippen LogP contribution in [0.4, 0.5) is 10.2 Å².